The lowest BCUT2D eigenvalue weighted by molar-refractivity contribution is -0.187. The molecule has 11 heteroatoms. The van der Waals surface area contributed by atoms with Gasteiger partial charge in [0, 0.05) is 21.2 Å². The summed E-state index contributed by atoms with van der Waals surface area (Å²) in [7, 11) is 0. The van der Waals surface area contributed by atoms with Crippen LogP contribution in [-0.4, -0.2) is 61.7 Å². The van der Waals surface area contributed by atoms with E-state index in [1.165, 1.54) is 24.3 Å². The second-order valence-electron chi connectivity index (χ2n) is 9.26. The first-order valence-corrected chi connectivity index (χ1v) is 12.7. The molecule has 3 aromatic rings. The molecule has 0 aliphatic rings. The number of rotatable bonds is 9. The summed E-state index contributed by atoms with van der Waals surface area (Å²) in [5, 5.41) is 41.6. The molecule has 0 heterocycles. The Balaban J connectivity index is 0.000000389. The predicted octanol–water partition coefficient (Wildman–Crippen LogP) is 4.06. The van der Waals surface area contributed by atoms with Gasteiger partial charge in [-0.05, 0) is 50.1 Å². The molecule has 0 saturated heterocycles. The summed E-state index contributed by atoms with van der Waals surface area (Å²) in [6.45, 7) is 6.02. The van der Waals surface area contributed by atoms with E-state index in [2.05, 4.69) is 0 Å². The number of carboxylic acid groups (broad SMARTS) is 2. The molecule has 212 valence electrons. The number of aliphatic carboxylic acids is 2. The summed E-state index contributed by atoms with van der Waals surface area (Å²) in [5.41, 5.74) is -0.663. The van der Waals surface area contributed by atoms with Gasteiger partial charge in [0.1, 0.15) is 0 Å². The van der Waals surface area contributed by atoms with Crippen LogP contribution >= 0.6 is 23.2 Å². The van der Waals surface area contributed by atoms with Gasteiger partial charge in [-0.1, -0.05) is 89.8 Å². The monoisotopic (exact) mass is 589 g/mol. The van der Waals surface area contributed by atoms with Crippen LogP contribution in [0.3, 0.4) is 0 Å². The van der Waals surface area contributed by atoms with E-state index in [1.54, 1.807) is 19.9 Å². The smallest absolute Gasteiger partial charge is 0.348 e. The highest BCUT2D eigenvalue weighted by molar-refractivity contribution is 6.34. The van der Waals surface area contributed by atoms with Crippen molar-refractivity contribution < 1.29 is 39.6 Å². The molecule has 3 unspecified atom stereocenters. The van der Waals surface area contributed by atoms with Crippen molar-refractivity contribution in [1.82, 2.24) is 0 Å². The molecule has 0 spiro atoms. The summed E-state index contributed by atoms with van der Waals surface area (Å²) >= 11 is 11.7. The van der Waals surface area contributed by atoms with E-state index in [0.29, 0.717) is 33.6 Å². The van der Waals surface area contributed by atoms with E-state index in [0.717, 1.165) is 29.8 Å². The van der Waals surface area contributed by atoms with Crippen LogP contribution in [0.1, 0.15) is 50.2 Å². The van der Waals surface area contributed by atoms with Gasteiger partial charge in [-0.15, -0.1) is 0 Å². The summed E-state index contributed by atoms with van der Waals surface area (Å²) in [5.74, 6) is -7.70. The van der Waals surface area contributed by atoms with Crippen molar-refractivity contribution >= 4 is 46.7 Å². The van der Waals surface area contributed by atoms with Crippen molar-refractivity contribution in [2.75, 3.05) is 6.54 Å². The van der Waals surface area contributed by atoms with Crippen LogP contribution in [0.2, 0.25) is 10.0 Å². The van der Waals surface area contributed by atoms with Gasteiger partial charge in [-0.3, -0.25) is 9.59 Å². The quantitative estimate of drug-likeness (QED) is 0.182. The van der Waals surface area contributed by atoms with E-state index in [4.69, 9.17) is 28.9 Å². The van der Waals surface area contributed by atoms with Gasteiger partial charge < -0.3 is 26.2 Å². The number of carbonyl (C=O) groups excluding carboxylic acids is 2. The van der Waals surface area contributed by atoms with Gasteiger partial charge in [0.05, 0.1) is 0 Å². The zero-order chi connectivity index (χ0) is 30.4. The van der Waals surface area contributed by atoms with Crippen molar-refractivity contribution in [1.29, 1.82) is 0 Å². The maximum Gasteiger partial charge on any atom is 0.348 e. The molecule has 3 rings (SSSR count). The molecular weight excluding hydrogens is 561 g/mol. The van der Waals surface area contributed by atoms with Crippen LogP contribution in [0, 0.1) is 13.8 Å². The van der Waals surface area contributed by atoms with Gasteiger partial charge >= 0.3 is 11.9 Å². The minimum atomic E-state index is -3.96. The fourth-order valence-corrected chi connectivity index (χ4v) is 4.20. The number of aryl methyl sites for hydroxylation is 2. The number of carboxylic acids is 2. The molecule has 3 aromatic carbocycles. The number of ketones is 2. The Morgan fingerprint density at radius 3 is 1.32 bits per heavy atom. The number of benzene rings is 3. The lowest BCUT2D eigenvalue weighted by Gasteiger charge is -2.34. The Morgan fingerprint density at radius 1 is 0.725 bits per heavy atom. The van der Waals surface area contributed by atoms with Gasteiger partial charge in [0.25, 0.3) is 11.2 Å². The highest BCUT2D eigenvalue weighted by Gasteiger charge is 2.69. The Labute approximate surface area is 240 Å². The summed E-state index contributed by atoms with van der Waals surface area (Å²) in [6.07, 6.45) is 0. The highest BCUT2D eigenvalue weighted by Crippen LogP contribution is 2.32. The van der Waals surface area contributed by atoms with Gasteiger partial charge in [0.15, 0.2) is 0 Å². The standard InChI is InChI=1S/C20H18O8.C9H11Cl2N/c1-11-3-7-13(8-4-11)15(21)19(27,17(23)24)20(28,18(25)26)16(22)14-9-5-12(2)6-10-14;1-6(5-12)7-2-8(10)4-9(11)3-7/h3-10,27-28H,1-2H3,(H,23,24)(H,25,26);2-4,6H,5,12H2,1H3. The zero-order valence-corrected chi connectivity index (χ0v) is 23.4. The molecule has 40 heavy (non-hydrogen) atoms. The number of hydrogen-bond acceptors (Lipinski definition) is 7. The number of carbonyl (C=O) groups is 4. The molecule has 6 N–H and O–H groups in total. The third kappa shape index (κ3) is 6.75. The van der Waals surface area contributed by atoms with Crippen LogP contribution in [0.25, 0.3) is 0 Å². The lowest BCUT2D eigenvalue weighted by Crippen LogP contribution is -2.71. The minimum Gasteiger partial charge on any atom is -0.479 e. The third-order valence-corrected chi connectivity index (χ3v) is 6.67. The average molecular weight is 590 g/mol. The van der Waals surface area contributed by atoms with E-state index in [-0.39, 0.29) is 11.1 Å². The molecule has 0 bridgehead atoms. The molecule has 0 amide bonds. The first-order chi connectivity index (χ1) is 18.6. The number of halogens is 2. The van der Waals surface area contributed by atoms with Crippen molar-refractivity contribution in [3.63, 3.8) is 0 Å². The molecule has 9 nitrogen and oxygen atoms in total. The molecule has 0 aromatic heterocycles. The maximum atomic E-state index is 12.8. The Kier molecular flexibility index (Phi) is 10.7. The van der Waals surface area contributed by atoms with Gasteiger partial charge in [-0.25, -0.2) is 9.59 Å². The minimum absolute atomic E-state index is 0.307. The van der Waals surface area contributed by atoms with Gasteiger partial charge in [-0.2, -0.15) is 0 Å². The van der Waals surface area contributed by atoms with Crippen LogP contribution in [0.15, 0.2) is 66.7 Å². The number of nitrogens with two attached hydrogens (primary N) is 1. The Morgan fingerprint density at radius 2 is 1.05 bits per heavy atom. The maximum absolute atomic E-state index is 12.8. The van der Waals surface area contributed by atoms with Crippen LogP contribution < -0.4 is 5.73 Å². The molecule has 0 aliphatic carbocycles. The predicted molar refractivity (Wildman–Crippen MR) is 150 cm³/mol. The van der Waals surface area contributed by atoms with Crippen molar-refractivity contribution in [2.45, 2.75) is 37.9 Å². The largest absolute Gasteiger partial charge is 0.479 e. The molecule has 3 atom stereocenters. The van der Waals surface area contributed by atoms with Crippen LogP contribution in [-0.2, 0) is 9.59 Å². The molecule has 0 saturated carbocycles. The molecule has 0 radical (unpaired) electrons. The Bertz CT molecular complexity index is 1310. The van der Waals surface area contributed by atoms with E-state index in [9.17, 15) is 39.6 Å². The number of Topliss-reactive ketones (excluding diaryl/α,β-unsaturated/α-hetero) is 2. The van der Waals surface area contributed by atoms with Crippen LogP contribution in [0.4, 0.5) is 0 Å². The highest BCUT2D eigenvalue weighted by atomic mass is 35.5. The number of hydrogen-bond donors (Lipinski definition) is 5. The summed E-state index contributed by atoms with van der Waals surface area (Å²) < 4.78 is 0. The van der Waals surface area contributed by atoms with E-state index >= 15 is 0 Å². The lowest BCUT2D eigenvalue weighted by atomic mass is 9.73. The fraction of sp³-hybridized carbons (Fsp3) is 0.241. The first kappa shape index (κ1) is 32.6. The molecule has 0 fully saturated rings. The van der Waals surface area contributed by atoms with Crippen molar-refractivity contribution in [3.8, 4) is 0 Å². The molecular formula is C29H29Cl2NO8. The average Bonchev–Trinajstić information content (AvgIpc) is 2.91. The molecule has 0 aliphatic heterocycles. The summed E-state index contributed by atoms with van der Waals surface area (Å²) in [4.78, 5) is 49.1. The second-order valence-corrected chi connectivity index (χ2v) is 10.1. The Hall–Kier alpha value is -3.60. The third-order valence-electron chi connectivity index (χ3n) is 6.23. The fourth-order valence-electron chi connectivity index (χ4n) is 3.66. The topological polar surface area (TPSA) is 175 Å². The van der Waals surface area contributed by atoms with Crippen LogP contribution in [0.5, 0.6) is 0 Å². The second kappa shape index (κ2) is 13.2. The van der Waals surface area contributed by atoms with E-state index < -0.39 is 34.7 Å². The normalized spacial score (nSPS) is 14.5. The SMILES string of the molecule is CC(CN)c1cc(Cl)cc(Cl)c1.Cc1ccc(C(=O)C(O)(C(=O)O)C(O)(C(=O)O)C(=O)c2ccc(C)cc2)cc1. The van der Waals surface area contributed by atoms with Crippen molar-refractivity contribution in [3.05, 3.63) is 105 Å². The first-order valence-electron chi connectivity index (χ1n) is 11.9. The van der Waals surface area contributed by atoms with Gasteiger partial charge in [0.2, 0.25) is 11.6 Å². The van der Waals surface area contributed by atoms with E-state index in [1.807, 2.05) is 19.1 Å². The zero-order valence-electron chi connectivity index (χ0n) is 21.9. The summed E-state index contributed by atoms with van der Waals surface area (Å²) in [6, 6.07) is 15.8. The number of aliphatic hydroxyl groups is 2. The van der Waals surface area contributed by atoms with Crippen molar-refractivity contribution in [2.24, 2.45) is 5.73 Å².